The minimum atomic E-state index is -0.179. The van der Waals surface area contributed by atoms with E-state index in [9.17, 15) is 4.79 Å². The van der Waals surface area contributed by atoms with Crippen molar-refractivity contribution in [3.05, 3.63) is 35.5 Å². The lowest BCUT2D eigenvalue weighted by molar-refractivity contribution is -0.125. The van der Waals surface area contributed by atoms with Gasteiger partial charge in [-0.25, -0.2) is 0 Å². The largest absolute Gasteiger partial charge is 0.317 e. The highest BCUT2D eigenvalue weighted by molar-refractivity contribution is 5.95. The Morgan fingerprint density at radius 1 is 1.11 bits per heavy atom. The summed E-state index contributed by atoms with van der Waals surface area (Å²) in [5, 5.41) is 3.37. The first-order valence-electron chi connectivity index (χ1n) is 6.90. The molecule has 1 fully saturated rings. The van der Waals surface area contributed by atoms with Crippen LogP contribution in [0.3, 0.4) is 0 Å². The van der Waals surface area contributed by atoms with Crippen LogP contribution < -0.4 is 5.32 Å². The molecule has 1 spiro atoms. The Hall–Kier alpha value is -1.15. The van der Waals surface area contributed by atoms with Crippen LogP contribution in [0.4, 0.5) is 0 Å². The van der Waals surface area contributed by atoms with Crippen LogP contribution in [-0.2, 0) is 4.79 Å². The molecule has 1 heterocycles. The standard InChI is InChI=1S/C16H21NO/c1-15(2)5-3-12-11-14(18)16(13(12)4-6-15)7-9-17-10-8-16/h3-6,17H,7-11H2,1-2H3. The van der Waals surface area contributed by atoms with Crippen LogP contribution >= 0.6 is 0 Å². The summed E-state index contributed by atoms with van der Waals surface area (Å²) in [6.07, 6.45) is 11.4. The Balaban J connectivity index is 2.04. The SMILES string of the molecule is CC1(C)C=CC2=C(C=C1)C1(CCNCC1)C(=O)C2. The van der Waals surface area contributed by atoms with Crippen molar-refractivity contribution < 1.29 is 4.79 Å². The summed E-state index contributed by atoms with van der Waals surface area (Å²) >= 11 is 0. The molecule has 1 aliphatic heterocycles. The Labute approximate surface area is 109 Å². The second-order valence-electron chi connectivity index (χ2n) is 6.36. The van der Waals surface area contributed by atoms with E-state index in [0.29, 0.717) is 12.2 Å². The molecule has 96 valence electrons. The molecule has 1 N–H and O–H groups in total. The van der Waals surface area contributed by atoms with E-state index in [0.717, 1.165) is 25.9 Å². The monoisotopic (exact) mass is 243 g/mol. The predicted octanol–water partition coefficient (Wildman–Crippen LogP) is 2.78. The van der Waals surface area contributed by atoms with E-state index in [2.05, 4.69) is 43.5 Å². The summed E-state index contributed by atoms with van der Waals surface area (Å²) in [5.41, 5.74) is 2.48. The van der Waals surface area contributed by atoms with Gasteiger partial charge < -0.3 is 5.32 Å². The van der Waals surface area contributed by atoms with Gasteiger partial charge in [0.1, 0.15) is 5.78 Å². The van der Waals surface area contributed by atoms with Gasteiger partial charge in [-0.2, -0.15) is 0 Å². The van der Waals surface area contributed by atoms with Gasteiger partial charge in [0.15, 0.2) is 0 Å². The molecule has 0 amide bonds. The lowest BCUT2D eigenvalue weighted by Crippen LogP contribution is -2.40. The molecule has 0 aromatic heterocycles. The highest BCUT2D eigenvalue weighted by atomic mass is 16.1. The molecular weight excluding hydrogens is 222 g/mol. The molecular formula is C16H21NO. The molecule has 3 rings (SSSR count). The minimum Gasteiger partial charge on any atom is -0.317 e. The fraction of sp³-hybridized carbons (Fsp3) is 0.562. The fourth-order valence-corrected chi connectivity index (χ4v) is 3.38. The summed E-state index contributed by atoms with van der Waals surface area (Å²) in [6, 6.07) is 0. The Morgan fingerprint density at radius 2 is 1.78 bits per heavy atom. The zero-order valence-electron chi connectivity index (χ0n) is 11.3. The van der Waals surface area contributed by atoms with Crippen LogP contribution in [0.1, 0.15) is 33.1 Å². The number of piperidine rings is 1. The Morgan fingerprint density at radius 3 is 2.50 bits per heavy atom. The molecule has 1 saturated heterocycles. The summed E-state index contributed by atoms with van der Waals surface area (Å²) in [7, 11) is 0. The van der Waals surface area contributed by atoms with Crippen LogP contribution in [0, 0.1) is 10.8 Å². The van der Waals surface area contributed by atoms with Gasteiger partial charge in [0.05, 0.1) is 5.41 Å². The number of hydrogen-bond donors (Lipinski definition) is 1. The summed E-state index contributed by atoms with van der Waals surface area (Å²) < 4.78 is 0. The van der Waals surface area contributed by atoms with E-state index < -0.39 is 0 Å². The number of ketones is 1. The molecule has 2 nitrogen and oxygen atoms in total. The van der Waals surface area contributed by atoms with Gasteiger partial charge in [-0.3, -0.25) is 4.79 Å². The van der Waals surface area contributed by atoms with Gasteiger partial charge >= 0.3 is 0 Å². The van der Waals surface area contributed by atoms with Crippen molar-refractivity contribution in [1.29, 1.82) is 0 Å². The molecule has 0 saturated carbocycles. The van der Waals surface area contributed by atoms with Crippen LogP contribution in [-0.4, -0.2) is 18.9 Å². The predicted molar refractivity (Wildman–Crippen MR) is 73.2 cm³/mol. The van der Waals surface area contributed by atoms with Gasteiger partial charge in [0, 0.05) is 11.8 Å². The maximum atomic E-state index is 12.5. The molecule has 0 radical (unpaired) electrons. The maximum Gasteiger partial charge on any atom is 0.147 e. The van der Waals surface area contributed by atoms with Gasteiger partial charge in [-0.15, -0.1) is 0 Å². The van der Waals surface area contributed by atoms with E-state index in [1.54, 1.807) is 0 Å². The van der Waals surface area contributed by atoms with Crippen molar-refractivity contribution in [2.24, 2.45) is 10.8 Å². The van der Waals surface area contributed by atoms with Crippen molar-refractivity contribution in [2.75, 3.05) is 13.1 Å². The number of carbonyl (C=O) groups is 1. The molecule has 2 heteroatoms. The van der Waals surface area contributed by atoms with E-state index >= 15 is 0 Å². The molecule has 0 unspecified atom stereocenters. The number of allylic oxidation sites excluding steroid dienone is 6. The number of nitrogens with one attached hydrogen (secondary N) is 1. The van der Waals surface area contributed by atoms with E-state index in [1.807, 2.05) is 0 Å². The van der Waals surface area contributed by atoms with Crippen molar-refractivity contribution in [3.63, 3.8) is 0 Å². The van der Waals surface area contributed by atoms with Crippen LogP contribution in [0.15, 0.2) is 35.5 Å². The van der Waals surface area contributed by atoms with Crippen LogP contribution in [0.25, 0.3) is 0 Å². The first kappa shape index (κ1) is 11.9. The summed E-state index contributed by atoms with van der Waals surface area (Å²) in [4.78, 5) is 12.5. The topological polar surface area (TPSA) is 29.1 Å². The third-order valence-corrected chi connectivity index (χ3v) is 4.60. The fourth-order valence-electron chi connectivity index (χ4n) is 3.38. The summed E-state index contributed by atoms with van der Waals surface area (Å²) in [5.74, 6) is 0.433. The summed E-state index contributed by atoms with van der Waals surface area (Å²) in [6.45, 7) is 6.34. The van der Waals surface area contributed by atoms with Crippen molar-refractivity contribution >= 4 is 5.78 Å². The minimum absolute atomic E-state index is 0.0987. The first-order valence-corrected chi connectivity index (χ1v) is 6.90. The highest BCUT2D eigenvalue weighted by Gasteiger charge is 2.47. The number of rotatable bonds is 0. The second kappa shape index (κ2) is 3.92. The molecule has 18 heavy (non-hydrogen) atoms. The maximum absolute atomic E-state index is 12.5. The zero-order chi connectivity index (χ0) is 12.8. The molecule has 2 aliphatic carbocycles. The number of fused-ring (bicyclic) bond motifs is 1. The molecule has 0 atom stereocenters. The van der Waals surface area contributed by atoms with Gasteiger partial charge in [-0.1, -0.05) is 38.2 Å². The lowest BCUT2D eigenvalue weighted by Gasteiger charge is -2.34. The molecule has 0 bridgehead atoms. The van der Waals surface area contributed by atoms with E-state index in [1.165, 1.54) is 11.1 Å². The average molecular weight is 243 g/mol. The zero-order valence-corrected chi connectivity index (χ0v) is 11.3. The third kappa shape index (κ3) is 1.71. The van der Waals surface area contributed by atoms with Gasteiger partial charge in [-0.05, 0) is 37.1 Å². The molecule has 0 aromatic carbocycles. The number of carbonyl (C=O) groups excluding carboxylic acids is 1. The Kier molecular flexibility index (Phi) is 2.60. The second-order valence-corrected chi connectivity index (χ2v) is 6.36. The van der Waals surface area contributed by atoms with E-state index in [4.69, 9.17) is 0 Å². The molecule has 3 aliphatic rings. The smallest absolute Gasteiger partial charge is 0.147 e. The average Bonchev–Trinajstić information content (AvgIpc) is 2.49. The third-order valence-electron chi connectivity index (χ3n) is 4.60. The highest BCUT2D eigenvalue weighted by Crippen LogP contribution is 2.49. The quantitative estimate of drug-likeness (QED) is 0.709. The van der Waals surface area contributed by atoms with Crippen molar-refractivity contribution in [2.45, 2.75) is 33.1 Å². The van der Waals surface area contributed by atoms with Gasteiger partial charge in [0.2, 0.25) is 0 Å². The number of Topliss-reactive ketones (excluding diaryl/α,β-unsaturated/α-hetero) is 1. The normalized spacial score (nSPS) is 28.7. The van der Waals surface area contributed by atoms with Crippen LogP contribution in [0.2, 0.25) is 0 Å². The number of hydrogen-bond acceptors (Lipinski definition) is 2. The van der Waals surface area contributed by atoms with E-state index in [-0.39, 0.29) is 10.8 Å². The lowest BCUT2D eigenvalue weighted by atomic mass is 9.72. The van der Waals surface area contributed by atoms with Crippen LogP contribution in [0.5, 0.6) is 0 Å². The van der Waals surface area contributed by atoms with Gasteiger partial charge in [0.25, 0.3) is 0 Å². The molecule has 0 aromatic rings. The van der Waals surface area contributed by atoms with Crippen molar-refractivity contribution in [1.82, 2.24) is 5.32 Å². The Bertz CT molecular complexity index is 473. The van der Waals surface area contributed by atoms with Crippen molar-refractivity contribution in [3.8, 4) is 0 Å². The first-order chi connectivity index (χ1) is 8.54.